The summed E-state index contributed by atoms with van der Waals surface area (Å²) >= 11 is 0.651. The van der Waals surface area contributed by atoms with E-state index in [1.54, 1.807) is 0 Å². The van der Waals surface area contributed by atoms with Crippen molar-refractivity contribution >= 4 is 48.6 Å². The zero-order chi connectivity index (χ0) is 9.80. The Labute approximate surface area is 118 Å². The Morgan fingerprint density at radius 2 is 1.43 bits per heavy atom. The Bertz CT molecular complexity index is 412. The Morgan fingerprint density at radius 3 is 2.14 bits per heavy atom. The maximum atomic E-state index is 5.76. The van der Waals surface area contributed by atoms with Gasteiger partial charge in [-0.05, 0) is 0 Å². The zero-order valence-corrected chi connectivity index (χ0v) is 11.2. The second-order valence-corrected chi connectivity index (χ2v) is 4.86. The van der Waals surface area contributed by atoms with E-state index in [0.29, 0.717) is 49.0 Å². The molecule has 1 nitrogen and oxygen atoms in total. The van der Waals surface area contributed by atoms with Gasteiger partial charge in [0.1, 0.15) is 0 Å². The van der Waals surface area contributed by atoms with Gasteiger partial charge in [-0.25, -0.2) is 0 Å². The fraction of sp³-hybridized carbons (Fsp3) is 0. The van der Waals surface area contributed by atoms with Crippen molar-refractivity contribution in [2.24, 2.45) is 0 Å². The van der Waals surface area contributed by atoms with Crippen molar-refractivity contribution in [3.05, 3.63) is 54.6 Å². The van der Waals surface area contributed by atoms with E-state index in [-0.39, 0.29) is 0 Å². The third kappa shape index (κ3) is 2.68. The molecule has 2 rings (SSSR count). The van der Waals surface area contributed by atoms with E-state index in [9.17, 15) is 0 Å². The van der Waals surface area contributed by atoms with E-state index < -0.39 is 0 Å². The van der Waals surface area contributed by atoms with E-state index in [2.05, 4.69) is 12.1 Å². The molecule has 0 aliphatic heterocycles. The minimum atomic E-state index is 0.651. The first-order valence-corrected chi connectivity index (χ1v) is 6.21. The predicted molar refractivity (Wildman–Crippen MR) is 58.3 cm³/mol. The van der Waals surface area contributed by atoms with Crippen LogP contribution in [0.25, 0.3) is 0 Å². The first-order chi connectivity index (χ1) is 6.86. The number of para-hydroxylation sites is 2. The minimum absolute atomic E-state index is 0.651. The molecule has 0 heterocycles. The van der Waals surface area contributed by atoms with Crippen LogP contribution in [0.2, 0.25) is 0 Å². The second kappa shape index (κ2) is 5.10. The number of hydrogen-bond donors (Lipinski definition) is 0. The molecule has 0 amide bonds. The fourth-order valence-electron chi connectivity index (χ4n) is 1.29. The summed E-state index contributed by atoms with van der Waals surface area (Å²) in [6, 6.07) is 18.1. The van der Waals surface area contributed by atoms with Gasteiger partial charge < -0.3 is 0 Å². The van der Waals surface area contributed by atoms with Crippen LogP contribution in [0.4, 0.5) is 0 Å². The summed E-state index contributed by atoms with van der Waals surface area (Å²) in [5.41, 5.74) is 0. The Morgan fingerprint density at radius 1 is 0.786 bits per heavy atom. The van der Waals surface area contributed by atoms with Crippen LogP contribution in [0, 0.1) is 0 Å². The van der Waals surface area contributed by atoms with Gasteiger partial charge in [0.25, 0.3) is 0 Å². The second-order valence-electron chi connectivity index (χ2n) is 3.18. The van der Waals surface area contributed by atoms with Gasteiger partial charge in [0.2, 0.25) is 0 Å². The fourth-order valence-corrected chi connectivity index (χ4v) is 2.01. The molecule has 0 spiro atoms. The molecule has 0 radical (unpaired) electrons. The van der Waals surface area contributed by atoms with Crippen LogP contribution in [0.1, 0.15) is 0 Å². The van der Waals surface area contributed by atoms with E-state index in [0.717, 1.165) is 11.5 Å². The van der Waals surface area contributed by atoms with Gasteiger partial charge in [0.15, 0.2) is 0 Å². The van der Waals surface area contributed by atoms with Crippen LogP contribution in [-0.4, -0.2) is 49.0 Å². The van der Waals surface area contributed by atoms with Gasteiger partial charge in [0, 0.05) is 0 Å². The summed E-state index contributed by atoms with van der Waals surface area (Å²) in [5, 5.41) is 0. The average Bonchev–Trinajstić information content (AvgIpc) is 2.23. The first-order valence-electron chi connectivity index (χ1n) is 4.65. The third-order valence-electron chi connectivity index (χ3n) is 2.06. The molecule has 2 heteroatoms. The molecule has 0 aliphatic rings. The molecule has 2 aromatic rings. The number of benzene rings is 2. The van der Waals surface area contributed by atoms with Crippen molar-refractivity contribution in [3.8, 4) is 11.5 Å². The van der Waals surface area contributed by atoms with Gasteiger partial charge in [-0.1, -0.05) is 0 Å². The van der Waals surface area contributed by atoms with Crippen LogP contribution in [-0.2, 0) is 0 Å². The molecular weight excluding hydrogens is 199 g/mol. The SMILES string of the molecule is [K][c]1ccccc1Oc1ccccc1. The van der Waals surface area contributed by atoms with Crippen LogP contribution in [0.3, 0.4) is 0 Å². The van der Waals surface area contributed by atoms with Gasteiger partial charge in [0.05, 0.1) is 0 Å². The molecule has 0 saturated carbocycles. The number of hydrogen-bond acceptors (Lipinski definition) is 1. The number of rotatable bonds is 2. The van der Waals surface area contributed by atoms with Gasteiger partial charge in [-0.3, -0.25) is 0 Å². The van der Waals surface area contributed by atoms with Crippen molar-refractivity contribution in [2.75, 3.05) is 0 Å². The molecule has 0 bridgehead atoms. The quantitative estimate of drug-likeness (QED) is 0.688. The summed E-state index contributed by atoms with van der Waals surface area (Å²) < 4.78 is 7.09. The predicted octanol–water partition coefficient (Wildman–Crippen LogP) is 2.27. The molecule has 0 atom stereocenters. The van der Waals surface area contributed by atoms with Crippen molar-refractivity contribution in [2.45, 2.75) is 0 Å². The van der Waals surface area contributed by atoms with Crippen molar-refractivity contribution in [3.63, 3.8) is 0 Å². The molecule has 0 saturated heterocycles. The summed E-state index contributed by atoms with van der Waals surface area (Å²) in [7, 11) is 0. The molecule has 0 unspecified atom stereocenters. The van der Waals surface area contributed by atoms with Crippen molar-refractivity contribution in [1.82, 2.24) is 0 Å². The standard InChI is InChI=1S/C12H9O.K/c1-3-7-11(8-4-1)13-12-9-5-2-6-10-12;/h1-9H;. The Kier molecular flexibility index (Phi) is 3.78. The molecule has 0 aromatic heterocycles. The van der Waals surface area contributed by atoms with E-state index >= 15 is 0 Å². The molecule has 0 aliphatic carbocycles. The molecular formula is C12H9KO. The van der Waals surface area contributed by atoms with Crippen molar-refractivity contribution in [1.29, 1.82) is 0 Å². The Balaban J connectivity index is 2.24. The summed E-state index contributed by atoms with van der Waals surface area (Å²) in [6.45, 7) is 0. The zero-order valence-electron chi connectivity index (χ0n) is 8.10. The molecule has 0 fully saturated rings. The maximum absolute atomic E-state index is 5.76. The molecule has 2 aromatic carbocycles. The van der Waals surface area contributed by atoms with Crippen molar-refractivity contribution < 1.29 is 4.74 Å². The van der Waals surface area contributed by atoms with Gasteiger partial charge in [-0.15, -0.1) is 0 Å². The molecule has 0 N–H and O–H groups in total. The monoisotopic (exact) mass is 208 g/mol. The number of ether oxygens (including phenoxy) is 1. The average molecular weight is 208 g/mol. The summed E-state index contributed by atoms with van der Waals surface area (Å²) in [5.74, 6) is 1.91. The summed E-state index contributed by atoms with van der Waals surface area (Å²) in [4.78, 5) is 0. The Hall–Kier alpha value is -0.124. The van der Waals surface area contributed by atoms with Crippen LogP contribution in [0.15, 0.2) is 54.6 Å². The normalized spacial score (nSPS) is 9.86. The van der Waals surface area contributed by atoms with Gasteiger partial charge >= 0.3 is 119 Å². The van der Waals surface area contributed by atoms with E-state index in [1.165, 1.54) is -0.342 Å². The molecule has 14 heavy (non-hydrogen) atoms. The van der Waals surface area contributed by atoms with Crippen LogP contribution >= 0.6 is 0 Å². The van der Waals surface area contributed by atoms with Crippen LogP contribution < -0.4 is 4.39 Å². The summed E-state index contributed by atoms with van der Waals surface area (Å²) in [6.07, 6.45) is 0. The third-order valence-corrected chi connectivity index (χ3v) is 3.35. The first kappa shape index (κ1) is 10.4. The van der Waals surface area contributed by atoms with Gasteiger partial charge in [-0.2, -0.15) is 0 Å². The van der Waals surface area contributed by atoms with E-state index in [4.69, 9.17) is 4.74 Å². The van der Waals surface area contributed by atoms with Crippen LogP contribution in [0.5, 0.6) is 11.5 Å². The van der Waals surface area contributed by atoms with E-state index in [1.807, 2.05) is 42.5 Å². The molecule has 64 valence electrons. The topological polar surface area (TPSA) is 9.23 Å².